The van der Waals surface area contributed by atoms with E-state index in [2.05, 4.69) is 20.2 Å². The van der Waals surface area contributed by atoms with E-state index >= 15 is 0 Å². The predicted octanol–water partition coefficient (Wildman–Crippen LogP) is 2.55. The van der Waals surface area contributed by atoms with Crippen molar-refractivity contribution in [3.8, 4) is 17.3 Å². The smallest absolute Gasteiger partial charge is 0.254 e. The molecule has 0 spiro atoms. The maximum absolute atomic E-state index is 12.0. The van der Waals surface area contributed by atoms with Crippen LogP contribution >= 0.6 is 0 Å². The highest BCUT2D eigenvalue weighted by Crippen LogP contribution is 2.29. The van der Waals surface area contributed by atoms with Gasteiger partial charge in [-0.25, -0.2) is 8.42 Å². The Bertz CT molecular complexity index is 1180. The minimum Gasteiger partial charge on any atom is -0.365 e. The molecule has 1 aromatic heterocycles. The van der Waals surface area contributed by atoms with E-state index in [9.17, 15) is 13.2 Å². The van der Waals surface area contributed by atoms with E-state index < -0.39 is 15.9 Å². The highest BCUT2D eigenvalue weighted by Gasteiger charge is 2.20. The number of aromatic nitrogens is 2. The van der Waals surface area contributed by atoms with Crippen LogP contribution in [0, 0.1) is 11.3 Å². The minimum absolute atomic E-state index is 0.0374. The lowest BCUT2D eigenvalue weighted by molar-refractivity contribution is 0.100. The third kappa shape index (κ3) is 4.53. The SMILES string of the molecule is CCS(=O)(=O)Nc1ccc(-c2n[nH]c(Nc3ccc(C#N)cc3)c2C(N)=O)cc1. The molecule has 1 heterocycles. The number of hydrogen-bond donors (Lipinski definition) is 4. The van der Waals surface area contributed by atoms with Crippen LogP contribution in [0.4, 0.5) is 17.2 Å². The molecule has 1 amide bonds. The molecule has 10 heteroatoms. The fourth-order valence-electron chi connectivity index (χ4n) is 2.60. The zero-order valence-corrected chi connectivity index (χ0v) is 16.2. The van der Waals surface area contributed by atoms with Crippen molar-refractivity contribution in [3.05, 3.63) is 59.7 Å². The summed E-state index contributed by atoms with van der Waals surface area (Å²) in [6.07, 6.45) is 0. The third-order valence-corrected chi connectivity index (χ3v) is 5.41. The van der Waals surface area contributed by atoms with Gasteiger partial charge in [-0.3, -0.25) is 14.6 Å². The van der Waals surface area contributed by atoms with E-state index in [1.165, 1.54) is 0 Å². The van der Waals surface area contributed by atoms with Gasteiger partial charge in [0.15, 0.2) is 0 Å². The summed E-state index contributed by atoms with van der Waals surface area (Å²) in [5.41, 5.74) is 8.19. The number of nitrogens with two attached hydrogens (primary N) is 1. The largest absolute Gasteiger partial charge is 0.365 e. The Morgan fingerprint density at radius 3 is 2.31 bits per heavy atom. The van der Waals surface area contributed by atoms with Gasteiger partial charge < -0.3 is 11.1 Å². The number of aromatic amines is 1. The van der Waals surface area contributed by atoms with Crippen LogP contribution < -0.4 is 15.8 Å². The molecule has 0 aliphatic rings. The number of amides is 1. The molecule has 0 aliphatic carbocycles. The van der Waals surface area contributed by atoms with Crippen molar-refractivity contribution in [3.63, 3.8) is 0 Å². The van der Waals surface area contributed by atoms with Gasteiger partial charge in [0.25, 0.3) is 5.91 Å². The summed E-state index contributed by atoms with van der Waals surface area (Å²) in [4.78, 5) is 12.0. The molecule has 0 aliphatic heterocycles. The summed E-state index contributed by atoms with van der Waals surface area (Å²) < 4.78 is 25.8. The molecule has 148 valence electrons. The number of carbonyl (C=O) groups excluding carboxylic acids is 1. The molecule has 0 saturated carbocycles. The highest BCUT2D eigenvalue weighted by atomic mass is 32.2. The summed E-state index contributed by atoms with van der Waals surface area (Å²) in [5.74, 6) is -0.404. The first kappa shape index (κ1) is 19.9. The van der Waals surface area contributed by atoms with Crippen molar-refractivity contribution in [1.29, 1.82) is 5.26 Å². The van der Waals surface area contributed by atoms with Gasteiger partial charge in [0.05, 0.1) is 17.4 Å². The van der Waals surface area contributed by atoms with Gasteiger partial charge in [-0.15, -0.1) is 0 Å². The molecule has 9 nitrogen and oxygen atoms in total. The van der Waals surface area contributed by atoms with E-state index in [1.54, 1.807) is 55.5 Å². The first-order valence-electron chi connectivity index (χ1n) is 8.59. The quantitative estimate of drug-likeness (QED) is 0.469. The molecular formula is C19H18N6O3S. The molecule has 0 saturated heterocycles. The standard InChI is InChI=1S/C19H18N6O3S/c1-2-29(27,28)25-15-9-5-13(6-10-15)17-16(18(21)26)19(24-23-17)22-14-7-3-12(11-20)4-8-14/h3-10,25H,2H2,1H3,(H2,21,26)(H2,22,23,24). The number of carbonyl (C=O) groups is 1. The van der Waals surface area contributed by atoms with Gasteiger partial charge in [-0.2, -0.15) is 10.4 Å². The number of H-pyrrole nitrogens is 1. The summed E-state index contributed by atoms with van der Waals surface area (Å²) >= 11 is 0. The minimum atomic E-state index is -3.38. The average Bonchev–Trinajstić information content (AvgIpc) is 3.12. The molecular weight excluding hydrogens is 392 g/mol. The number of nitrogens with zero attached hydrogens (tertiary/aromatic N) is 2. The van der Waals surface area contributed by atoms with Crippen molar-refractivity contribution in [2.24, 2.45) is 5.73 Å². The fourth-order valence-corrected chi connectivity index (χ4v) is 3.24. The van der Waals surface area contributed by atoms with Crippen molar-refractivity contribution in [2.75, 3.05) is 15.8 Å². The maximum atomic E-state index is 12.0. The second-order valence-electron chi connectivity index (χ2n) is 6.08. The third-order valence-electron chi connectivity index (χ3n) is 4.11. The summed E-state index contributed by atoms with van der Waals surface area (Å²) in [6.45, 7) is 1.54. The van der Waals surface area contributed by atoms with Gasteiger partial charge >= 0.3 is 0 Å². The average molecular weight is 410 g/mol. The molecule has 29 heavy (non-hydrogen) atoms. The predicted molar refractivity (Wildman–Crippen MR) is 110 cm³/mol. The van der Waals surface area contributed by atoms with Gasteiger partial charge in [0.1, 0.15) is 17.1 Å². The number of primary amides is 1. The first-order chi connectivity index (χ1) is 13.8. The van der Waals surface area contributed by atoms with E-state index in [1.807, 2.05) is 6.07 Å². The number of nitriles is 1. The lowest BCUT2D eigenvalue weighted by atomic mass is 10.1. The van der Waals surface area contributed by atoms with Crippen LogP contribution in [-0.2, 0) is 10.0 Å². The summed E-state index contributed by atoms with van der Waals surface area (Å²) in [5, 5.41) is 18.8. The summed E-state index contributed by atoms with van der Waals surface area (Å²) in [6, 6.07) is 15.1. The lowest BCUT2D eigenvalue weighted by Gasteiger charge is -2.08. The van der Waals surface area contributed by atoms with E-state index in [0.717, 1.165) is 0 Å². The number of anilines is 3. The Morgan fingerprint density at radius 1 is 1.14 bits per heavy atom. The number of sulfonamides is 1. The molecule has 3 rings (SSSR count). The van der Waals surface area contributed by atoms with Crippen LogP contribution in [0.1, 0.15) is 22.8 Å². The van der Waals surface area contributed by atoms with Gasteiger partial charge in [-0.05, 0) is 43.3 Å². The Kier molecular flexibility index (Phi) is 5.52. The van der Waals surface area contributed by atoms with Crippen molar-refractivity contribution in [1.82, 2.24) is 10.2 Å². The Hall–Kier alpha value is -3.84. The van der Waals surface area contributed by atoms with Crippen molar-refractivity contribution < 1.29 is 13.2 Å². The van der Waals surface area contributed by atoms with Gasteiger partial charge in [-0.1, -0.05) is 12.1 Å². The monoisotopic (exact) mass is 410 g/mol. The topological polar surface area (TPSA) is 154 Å². The number of hydrogen-bond acceptors (Lipinski definition) is 6. The Balaban J connectivity index is 1.90. The molecule has 0 bridgehead atoms. The molecule has 3 aromatic rings. The number of rotatable bonds is 7. The molecule has 2 aromatic carbocycles. The fraction of sp³-hybridized carbons (Fsp3) is 0.105. The normalized spacial score (nSPS) is 10.9. The van der Waals surface area contributed by atoms with Crippen molar-refractivity contribution in [2.45, 2.75) is 6.92 Å². The van der Waals surface area contributed by atoms with Gasteiger partial charge in [0, 0.05) is 16.9 Å². The number of nitrogens with one attached hydrogen (secondary N) is 3. The summed E-state index contributed by atoms with van der Waals surface area (Å²) in [7, 11) is -3.38. The second-order valence-corrected chi connectivity index (χ2v) is 8.09. The molecule has 0 fully saturated rings. The molecule has 5 N–H and O–H groups in total. The zero-order valence-electron chi connectivity index (χ0n) is 15.4. The van der Waals surface area contributed by atoms with E-state index in [-0.39, 0.29) is 11.3 Å². The van der Waals surface area contributed by atoms with Crippen LogP contribution in [0.5, 0.6) is 0 Å². The van der Waals surface area contributed by atoms with Crippen LogP contribution in [0.3, 0.4) is 0 Å². The zero-order chi connectivity index (χ0) is 21.0. The Labute approximate surface area is 167 Å². The highest BCUT2D eigenvalue weighted by molar-refractivity contribution is 7.92. The molecule has 0 radical (unpaired) electrons. The molecule has 0 atom stereocenters. The van der Waals surface area contributed by atoms with E-state index in [4.69, 9.17) is 11.0 Å². The number of benzene rings is 2. The lowest BCUT2D eigenvalue weighted by Crippen LogP contribution is -2.14. The van der Waals surface area contributed by atoms with E-state index in [0.29, 0.717) is 34.0 Å². The molecule has 0 unspecified atom stereocenters. The van der Waals surface area contributed by atoms with Gasteiger partial charge in [0.2, 0.25) is 10.0 Å². The van der Waals surface area contributed by atoms with Crippen molar-refractivity contribution >= 4 is 33.1 Å². The first-order valence-corrected chi connectivity index (χ1v) is 10.2. The van der Waals surface area contributed by atoms with Crippen LogP contribution in [0.15, 0.2) is 48.5 Å². The second kappa shape index (κ2) is 8.04. The Morgan fingerprint density at radius 2 is 1.76 bits per heavy atom. The van der Waals surface area contributed by atoms with Crippen LogP contribution in [0.25, 0.3) is 11.3 Å². The van der Waals surface area contributed by atoms with Crippen LogP contribution in [-0.4, -0.2) is 30.3 Å². The maximum Gasteiger partial charge on any atom is 0.254 e. The van der Waals surface area contributed by atoms with Crippen LogP contribution in [0.2, 0.25) is 0 Å².